The average Bonchev–Trinajstić information content (AvgIpc) is 3.06. The van der Waals surface area contributed by atoms with E-state index in [1.54, 1.807) is 30.0 Å². The van der Waals surface area contributed by atoms with Crippen LogP contribution in [0.1, 0.15) is 54.5 Å². The third-order valence-corrected chi connectivity index (χ3v) is 5.66. The number of amides is 1. The first-order chi connectivity index (χ1) is 12.1. The molecule has 0 saturated heterocycles. The van der Waals surface area contributed by atoms with Gasteiger partial charge in [-0.25, -0.2) is 4.39 Å². The highest BCUT2D eigenvalue weighted by atomic mass is 32.2. The summed E-state index contributed by atoms with van der Waals surface area (Å²) in [6, 6.07) is 10.4. The Balaban J connectivity index is 1.46. The summed E-state index contributed by atoms with van der Waals surface area (Å²) in [5.41, 5.74) is 0.945. The van der Waals surface area contributed by atoms with Crippen molar-refractivity contribution in [2.75, 3.05) is 0 Å². The zero-order valence-electron chi connectivity index (χ0n) is 14.5. The van der Waals surface area contributed by atoms with Crippen LogP contribution in [0.2, 0.25) is 0 Å². The lowest BCUT2D eigenvalue weighted by molar-refractivity contribution is 0.0893. The quantitative estimate of drug-likeness (QED) is 0.773. The van der Waals surface area contributed by atoms with Crippen molar-refractivity contribution in [3.05, 3.63) is 59.3 Å². The van der Waals surface area contributed by atoms with Gasteiger partial charge in [0.15, 0.2) is 5.76 Å². The Morgan fingerprint density at radius 1 is 1.20 bits per heavy atom. The number of carbonyl (C=O) groups is 1. The molecule has 1 saturated carbocycles. The minimum absolute atomic E-state index is 0.124. The van der Waals surface area contributed by atoms with Crippen molar-refractivity contribution in [3.8, 4) is 0 Å². The van der Waals surface area contributed by atoms with E-state index < -0.39 is 0 Å². The molecule has 2 aromatic rings. The van der Waals surface area contributed by atoms with Gasteiger partial charge < -0.3 is 9.73 Å². The van der Waals surface area contributed by atoms with E-state index in [4.69, 9.17) is 4.42 Å². The first-order valence-corrected chi connectivity index (χ1v) is 9.97. The van der Waals surface area contributed by atoms with Crippen molar-refractivity contribution < 1.29 is 13.6 Å². The molecule has 1 amide bonds. The summed E-state index contributed by atoms with van der Waals surface area (Å²) < 4.78 is 18.8. The maximum atomic E-state index is 13.2. The van der Waals surface area contributed by atoms with Crippen LogP contribution in [0.5, 0.6) is 0 Å². The summed E-state index contributed by atoms with van der Waals surface area (Å²) in [5, 5.41) is 3.08. The molecule has 1 N–H and O–H groups in total. The Kier molecular flexibility index (Phi) is 6.19. The van der Waals surface area contributed by atoms with Crippen molar-refractivity contribution in [1.82, 2.24) is 5.32 Å². The number of benzene rings is 1. The Bertz CT molecular complexity index is 707. The molecule has 0 radical (unpaired) electrons. The number of hydrogen-bond donors (Lipinski definition) is 1. The van der Waals surface area contributed by atoms with Gasteiger partial charge in [-0.15, -0.1) is 11.8 Å². The lowest BCUT2D eigenvalue weighted by atomic mass is 9.87. The normalized spacial score (nSPS) is 20.4. The number of furan rings is 1. The first kappa shape index (κ1) is 18.1. The highest BCUT2D eigenvalue weighted by molar-refractivity contribution is 7.97. The van der Waals surface area contributed by atoms with Crippen LogP contribution in [-0.2, 0) is 11.5 Å². The molecule has 0 aliphatic heterocycles. The van der Waals surface area contributed by atoms with E-state index in [9.17, 15) is 9.18 Å². The molecule has 1 aromatic heterocycles. The van der Waals surface area contributed by atoms with Crippen molar-refractivity contribution in [3.63, 3.8) is 0 Å². The number of rotatable bonds is 6. The molecule has 1 fully saturated rings. The standard InChI is InChI=1S/C20H24FNO2S/c1-14-5-7-17(8-6-14)22-20(23)19-10-9-18(24-19)13-25-12-15-3-2-4-16(21)11-15/h2-4,9-11,14,17H,5-8,12-13H2,1H3,(H,22,23). The van der Waals surface area contributed by atoms with Crippen LogP contribution in [0.4, 0.5) is 4.39 Å². The van der Waals surface area contributed by atoms with E-state index in [1.165, 1.54) is 18.9 Å². The molecule has 5 heteroatoms. The topological polar surface area (TPSA) is 42.2 Å². The second kappa shape index (κ2) is 8.56. The minimum atomic E-state index is -0.216. The summed E-state index contributed by atoms with van der Waals surface area (Å²) in [6.07, 6.45) is 4.43. The average molecular weight is 361 g/mol. The van der Waals surface area contributed by atoms with E-state index in [-0.39, 0.29) is 17.8 Å². The number of nitrogens with one attached hydrogen (secondary N) is 1. The van der Waals surface area contributed by atoms with Crippen molar-refractivity contribution >= 4 is 17.7 Å². The lowest BCUT2D eigenvalue weighted by Crippen LogP contribution is -2.37. The predicted octanol–water partition coefficient (Wildman–Crippen LogP) is 5.16. The molecule has 3 rings (SSSR count). The SMILES string of the molecule is CC1CCC(NC(=O)c2ccc(CSCc3cccc(F)c3)o2)CC1. The monoisotopic (exact) mass is 361 g/mol. The maximum absolute atomic E-state index is 13.2. The molecule has 25 heavy (non-hydrogen) atoms. The Morgan fingerprint density at radius 2 is 2.00 bits per heavy atom. The summed E-state index contributed by atoms with van der Waals surface area (Å²) in [7, 11) is 0. The second-order valence-electron chi connectivity index (χ2n) is 6.82. The van der Waals surface area contributed by atoms with Crippen LogP contribution < -0.4 is 5.32 Å². The largest absolute Gasteiger partial charge is 0.455 e. The van der Waals surface area contributed by atoms with E-state index in [1.807, 2.05) is 12.1 Å². The number of halogens is 1. The van der Waals surface area contributed by atoms with Gasteiger partial charge in [0.05, 0.1) is 5.75 Å². The van der Waals surface area contributed by atoms with Crippen LogP contribution in [0.15, 0.2) is 40.8 Å². The van der Waals surface area contributed by atoms with Gasteiger partial charge in [-0.05, 0) is 61.4 Å². The van der Waals surface area contributed by atoms with Crippen LogP contribution in [0.3, 0.4) is 0 Å². The van der Waals surface area contributed by atoms with Gasteiger partial charge in [-0.1, -0.05) is 19.1 Å². The maximum Gasteiger partial charge on any atom is 0.287 e. The number of carbonyl (C=O) groups excluding carboxylic acids is 1. The van der Waals surface area contributed by atoms with Gasteiger partial charge in [0.1, 0.15) is 11.6 Å². The lowest BCUT2D eigenvalue weighted by Gasteiger charge is -2.26. The number of hydrogen-bond acceptors (Lipinski definition) is 3. The highest BCUT2D eigenvalue weighted by Crippen LogP contribution is 2.24. The summed E-state index contributed by atoms with van der Waals surface area (Å²) >= 11 is 1.64. The minimum Gasteiger partial charge on any atom is -0.455 e. The molecule has 1 aliphatic carbocycles. The van der Waals surface area contributed by atoms with Gasteiger partial charge in [0.2, 0.25) is 0 Å². The fourth-order valence-corrected chi connectivity index (χ4v) is 4.01. The van der Waals surface area contributed by atoms with E-state index in [2.05, 4.69) is 12.2 Å². The first-order valence-electron chi connectivity index (χ1n) is 8.82. The van der Waals surface area contributed by atoms with Gasteiger partial charge >= 0.3 is 0 Å². The molecular weight excluding hydrogens is 337 g/mol. The molecule has 0 spiro atoms. The highest BCUT2D eigenvalue weighted by Gasteiger charge is 2.21. The van der Waals surface area contributed by atoms with Crippen molar-refractivity contribution in [1.29, 1.82) is 0 Å². The zero-order chi connectivity index (χ0) is 17.6. The third kappa shape index (κ3) is 5.36. The molecule has 0 atom stereocenters. The molecule has 1 heterocycles. The summed E-state index contributed by atoms with van der Waals surface area (Å²) in [5.74, 6) is 2.93. The molecule has 3 nitrogen and oxygen atoms in total. The van der Waals surface area contributed by atoms with Crippen LogP contribution in [0.25, 0.3) is 0 Å². The Hall–Kier alpha value is -1.75. The van der Waals surface area contributed by atoms with Crippen LogP contribution in [-0.4, -0.2) is 11.9 Å². The van der Waals surface area contributed by atoms with Gasteiger partial charge in [-0.3, -0.25) is 4.79 Å². The van der Waals surface area contributed by atoms with Gasteiger partial charge in [-0.2, -0.15) is 0 Å². The van der Waals surface area contributed by atoms with E-state index >= 15 is 0 Å². The fraction of sp³-hybridized carbons (Fsp3) is 0.450. The molecular formula is C20H24FNO2S. The van der Waals surface area contributed by atoms with Crippen molar-refractivity contribution in [2.45, 2.75) is 50.2 Å². The summed E-state index contributed by atoms with van der Waals surface area (Å²) in [6.45, 7) is 2.26. The van der Waals surface area contributed by atoms with E-state index in [0.29, 0.717) is 17.3 Å². The molecule has 134 valence electrons. The van der Waals surface area contributed by atoms with Crippen LogP contribution in [0, 0.1) is 11.7 Å². The predicted molar refractivity (Wildman–Crippen MR) is 99.0 cm³/mol. The zero-order valence-corrected chi connectivity index (χ0v) is 15.3. The van der Waals surface area contributed by atoms with Gasteiger partial charge in [0.25, 0.3) is 5.91 Å². The van der Waals surface area contributed by atoms with Crippen molar-refractivity contribution in [2.24, 2.45) is 5.92 Å². The number of thioether (sulfide) groups is 1. The van der Waals surface area contributed by atoms with Crippen LogP contribution >= 0.6 is 11.8 Å². The van der Waals surface area contributed by atoms with E-state index in [0.717, 1.165) is 30.1 Å². The molecule has 0 bridgehead atoms. The second-order valence-corrected chi connectivity index (χ2v) is 7.80. The molecule has 1 aliphatic rings. The smallest absolute Gasteiger partial charge is 0.287 e. The Morgan fingerprint density at radius 3 is 2.76 bits per heavy atom. The third-order valence-electron chi connectivity index (χ3n) is 4.64. The van der Waals surface area contributed by atoms with Gasteiger partial charge in [0, 0.05) is 11.8 Å². The summed E-state index contributed by atoms with van der Waals surface area (Å²) in [4.78, 5) is 12.3. The fourth-order valence-electron chi connectivity index (χ4n) is 3.13. The Labute approximate surface area is 152 Å². The molecule has 0 unspecified atom stereocenters. The molecule has 1 aromatic carbocycles.